The number of hydrogen-bond acceptors (Lipinski definition) is 10. The van der Waals surface area contributed by atoms with Crippen molar-refractivity contribution in [1.29, 1.82) is 0 Å². The summed E-state index contributed by atoms with van der Waals surface area (Å²) in [7, 11) is 0. The number of unbranched alkanes of at least 4 members (excludes halogenated alkanes) is 2. The Balaban J connectivity index is -0.000000311. The first-order valence-electron chi connectivity index (χ1n) is 35.7. The van der Waals surface area contributed by atoms with E-state index in [1.54, 1.807) is 0 Å². The average molecular weight is 1220 g/mol. The van der Waals surface area contributed by atoms with Crippen LogP contribution >= 0.6 is 0 Å². The van der Waals surface area contributed by atoms with Crippen molar-refractivity contribution in [2.75, 3.05) is 98.9 Å². The van der Waals surface area contributed by atoms with Crippen molar-refractivity contribution in [3.8, 4) is 0 Å². The largest absolute Gasteiger partial charge is 0.381 e. The van der Waals surface area contributed by atoms with Crippen molar-refractivity contribution in [3.63, 3.8) is 0 Å². The van der Waals surface area contributed by atoms with Crippen LogP contribution < -0.4 is 17.1 Å². The van der Waals surface area contributed by atoms with Crippen LogP contribution in [0.15, 0.2) is 14.4 Å². The summed E-state index contributed by atoms with van der Waals surface area (Å²) < 4.78 is 38.4. The van der Waals surface area contributed by atoms with E-state index in [2.05, 4.69) is 150 Å². The predicted molar refractivity (Wildman–Crippen MR) is 370 cm³/mol. The molecule has 1 rings (SSSR count). The lowest BCUT2D eigenvalue weighted by atomic mass is 9.78. The first-order valence-corrected chi connectivity index (χ1v) is 35.7. The second kappa shape index (κ2) is 62.3. The first-order chi connectivity index (χ1) is 40.5. The Kier molecular flexibility index (Phi) is 67.4. The molecular weight excluding hydrogens is 1060 g/mol. The molecule has 0 aliphatic rings. The van der Waals surface area contributed by atoms with Crippen molar-refractivity contribution in [2.24, 2.45) is 39.9 Å². The van der Waals surface area contributed by atoms with Crippen molar-refractivity contribution in [2.45, 2.75) is 314 Å². The Bertz CT molecular complexity index is 1500. The van der Waals surface area contributed by atoms with Crippen LogP contribution in [0.3, 0.4) is 0 Å². The molecule has 0 radical (unpaired) electrons. The molecule has 0 N–H and O–H groups in total. The maximum Gasteiger partial charge on any atom is 0.336 e. The van der Waals surface area contributed by atoms with Crippen LogP contribution in [0.4, 0.5) is 0 Å². The highest BCUT2D eigenvalue weighted by atomic mass is 16.5. The van der Waals surface area contributed by atoms with E-state index in [4.69, 9.17) is 28.4 Å². The number of rotatable bonds is 47. The number of aromatic nitrogens is 3. The van der Waals surface area contributed by atoms with Gasteiger partial charge in [0.2, 0.25) is 0 Å². The zero-order valence-electron chi connectivity index (χ0n) is 61.6. The van der Waals surface area contributed by atoms with E-state index < -0.39 is 17.1 Å². The molecule has 0 aliphatic carbocycles. The van der Waals surface area contributed by atoms with Gasteiger partial charge in [-0.2, -0.15) is 0 Å². The fourth-order valence-electron chi connectivity index (χ4n) is 9.35. The summed E-state index contributed by atoms with van der Waals surface area (Å²) in [6.07, 6.45) is 23.5. The summed E-state index contributed by atoms with van der Waals surface area (Å²) in [5.41, 5.74) is -0.777. The molecule has 0 aliphatic heterocycles. The second-order valence-electron chi connectivity index (χ2n) is 25.7. The third kappa shape index (κ3) is 48.6. The number of nitrogens with zero attached hydrogens (tertiary/aromatic N) is 4. The Morgan fingerprint density at radius 2 is 0.612 bits per heavy atom. The number of ether oxygens (including phenoxy) is 6. The van der Waals surface area contributed by atoms with E-state index in [0.29, 0.717) is 62.1 Å². The maximum atomic E-state index is 12.1. The van der Waals surface area contributed by atoms with Crippen LogP contribution in [0.25, 0.3) is 0 Å². The summed E-state index contributed by atoms with van der Waals surface area (Å²) in [6.45, 7) is 66.5. The Hall–Kier alpha value is -1.87. The fourth-order valence-corrected chi connectivity index (χ4v) is 9.35. The van der Waals surface area contributed by atoms with Crippen LogP contribution in [0.1, 0.15) is 295 Å². The normalized spacial score (nSPS) is 12.0. The van der Waals surface area contributed by atoms with E-state index >= 15 is 0 Å². The number of hydrogen-bond donors (Lipinski definition) is 0. The van der Waals surface area contributed by atoms with Crippen LogP contribution in [-0.4, -0.2) is 118 Å². The minimum absolute atomic E-state index is 0.0152. The molecule has 0 bridgehead atoms. The molecule has 0 fully saturated rings. The minimum atomic E-state index is -0.485. The quantitative estimate of drug-likeness (QED) is 0.0583. The van der Waals surface area contributed by atoms with Crippen molar-refractivity contribution in [3.05, 3.63) is 31.5 Å². The summed E-state index contributed by atoms with van der Waals surface area (Å²) in [4.78, 5) is 38.7. The second-order valence-corrected chi connectivity index (χ2v) is 25.7. The van der Waals surface area contributed by atoms with Gasteiger partial charge in [0, 0.05) is 70.1 Å². The molecular formula is C72H152N4O9. The van der Waals surface area contributed by atoms with Gasteiger partial charge in [-0.3, -0.25) is 0 Å². The molecule has 1 aromatic heterocycles. The van der Waals surface area contributed by atoms with Gasteiger partial charge < -0.3 is 33.3 Å². The smallest absolute Gasteiger partial charge is 0.336 e. The summed E-state index contributed by atoms with van der Waals surface area (Å²) in [5.74, 6) is 2.64. The SMILES string of the molecule is CCC(CC)(CC)CC.CCC(COCC(C)C)(COCC(C)C)COCC(C)C.CCCCCC(C)CC.CCCN(CCC)CCC.CCCOCC(CC)(COCCC)COCCC.CCCn1c(=O)n(CCC)c(=O)n(CCC)c1=O. The van der Waals surface area contributed by atoms with Crippen LogP contribution in [0.5, 0.6) is 0 Å². The zero-order chi connectivity index (χ0) is 66.0. The summed E-state index contributed by atoms with van der Waals surface area (Å²) in [6, 6.07) is 0. The van der Waals surface area contributed by atoms with Gasteiger partial charge in [0.25, 0.3) is 0 Å². The van der Waals surface area contributed by atoms with Crippen molar-refractivity contribution in [1.82, 2.24) is 18.6 Å². The lowest BCUT2D eigenvalue weighted by molar-refractivity contribution is -0.0812. The van der Waals surface area contributed by atoms with E-state index in [-0.39, 0.29) is 10.8 Å². The van der Waals surface area contributed by atoms with Crippen LogP contribution in [0, 0.1) is 39.9 Å². The lowest BCUT2D eigenvalue weighted by Gasteiger charge is -2.33. The third-order valence-electron chi connectivity index (χ3n) is 15.7. The lowest BCUT2D eigenvalue weighted by Crippen LogP contribution is -2.54. The van der Waals surface area contributed by atoms with Gasteiger partial charge in [-0.1, -0.05) is 224 Å². The van der Waals surface area contributed by atoms with E-state index in [9.17, 15) is 14.4 Å². The maximum absolute atomic E-state index is 12.1. The summed E-state index contributed by atoms with van der Waals surface area (Å²) in [5, 5.41) is 0. The fraction of sp³-hybridized carbons (Fsp3) is 0.958. The van der Waals surface area contributed by atoms with Crippen LogP contribution in [0.2, 0.25) is 0 Å². The van der Waals surface area contributed by atoms with Crippen molar-refractivity contribution < 1.29 is 28.4 Å². The molecule has 514 valence electrons. The molecule has 0 spiro atoms. The molecule has 1 aromatic rings. The van der Waals surface area contributed by atoms with Crippen molar-refractivity contribution >= 4 is 0 Å². The van der Waals surface area contributed by atoms with Gasteiger partial charge in [0.15, 0.2) is 0 Å². The first kappa shape index (κ1) is 91.9. The Labute approximate surface area is 529 Å². The van der Waals surface area contributed by atoms with Gasteiger partial charge >= 0.3 is 17.1 Å². The summed E-state index contributed by atoms with van der Waals surface area (Å²) >= 11 is 0. The highest BCUT2D eigenvalue weighted by Gasteiger charge is 2.31. The Morgan fingerprint density at radius 3 is 0.800 bits per heavy atom. The molecule has 13 heteroatoms. The molecule has 0 saturated carbocycles. The molecule has 85 heavy (non-hydrogen) atoms. The topological polar surface area (TPSA) is 125 Å². The molecule has 13 nitrogen and oxygen atoms in total. The standard InChI is InChI=1S/C18H38O3.C15H32O3.C12H21N3O3.C9H21N.2C9H20/c1-8-18(12-19-9-15(2)3,13-20-10-16(4)5)14-21-11-17(6)7;1-5-9-16-12-15(8-4,13-17-10-6-2)14-18-11-7-3;1-4-7-13-10(16)14(8-5-2)12(18)15(9-6-3)11(13)17;1-4-7-10(8-5-2)9-6-3;1-5-9(6-2,7-3)8-4;1-4-6-7-8-9(3)5-2/h15-17H,8-14H2,1-7H3;5-14H2,1-4H3;4-9H2,1-3H3;4-9H2,1-3H3;5-8H2,1-4H3;9H,4-8H2,1-3H3. The zero-order valence-corrected chi connectivity index (χ0v) is 61.6. The minimum Gasteiger partial charge on any atom is -0.381 e. The molecule has 0 aromatic carbocycles. The van der Waals surface area contributed by atoms with Gasteiger partial charge in [-0.15, -0.1) is 0 Å². The highest BCUT2D eigenvalue weighted by molar-refractivity contribution is 4.81. The monoisotopic (exact) mass is 1220 g/mol. The molecule has 1 unspecified atom stereocenters. The molecule has 1 heterocycles. The van der Waals surface area contributed by atoms with Gasteiger partial charge in [-0.25, -0.2) is 28.1 Å². The third-order valence-corrected chi connectivity index (χ3v) is 15.7. The van der Waals surface area contributed by atoms with E-state index in [1.165, 1.54) is 96.7 Å². The van der Waals surface area contributed by atoms with Gasteiger partial charge in [0.1, 0.15) is 0 Å². The van der Waals surface area contributed by atoms with E-state index in [1.807, 2.05) is 20.8 Å². The highest BCUT2D eigenvalue weighted by Crippen LogP contribution is 2.33. The molecule has 0 saturated heterocycles. The van der Waals surface area contributed by atoms with Crippen LogP contribution in [-0.2, 0) is 48.1 Å². The van der Waals surface area contributed by atoms with Gasteiger partial charge in [0.05, 0.1) is 39.6 Å². The van der Waals surface area contributed by atoms with Gasteiger partial charge in [-0.05, 0) is 119 Å². The predicted octanol–water partition coefficient (Wildman–Crippen LogP) is 18.2. The Morgan fingerprint density at radius 1 is 0.341 bits per heavy atom. The molecule has 1 atom stereocenters. The van der Waals surface area contributed by atoms with E-state index in [0.717, 1.165) is 131 Å². The molecule has 0 amide bonds. The average Bonchev–Trinajstić information content (AvgIpc) is 2.44.